The number of carbonyl (C=O) groups excluding carboxylic acids is 1. The number of amides is 1. The summed E-state index contributed by atoms with van der Waals surface area (Å²) in [6.07, 6.45) is 1.42. The highest BCUT2D eigenvalue weighted by molar-refractivity contribution is 9.10. The maximum Gasteiger partial charge on any atom is 0.260 e. The topological polar surface area (TPSA) is 62.2 Å². The molecule has 1 heterocycles. The normalized spacial score (nSPS) is 10.5. The largest absolute Gasteiger partial charge is 0.503 e. The number of phenols is 1. The Morgan fingerprint density at radius 3 is 2.57 bits per heavy atom. The van der Waals surface area contributed by atoms with Crippen molar-refractivity contribution in [3.63, 3.8) is 0 Å². The van der Waals surface area contributed by atoms with Gasteiger partial charge in [0.1, 0.15) is 5.82 Å². The van der Waals surface area contributed by atoms with Crippen LogP contribution in [0.5, 0.6) is 5.75 Å². The molecule has 0 unspecified atom stereocenters. The Morgan fingerprint density at radius 1 is 1.29 bits per heavy atom. The van der Waals surface area contributed by atoms with E-state index in [-0.39, 0.29) is 5.82 Å². The number of nitrogens with one attached hydrogen (secondary N) is 1. The van der Waals surface area contributed by atoms with Crippen molar-refractivity contribution < 1.29 is 23.1 Å². The number of hydrogen-bond donors (Lipinski definition) is 2. The van der Waals surface area contributed by atoms with Gasteiger partial charge in [-0.15, -0.1) is 0 Å². The van der Waals surface area contributed by atoms with Crippen LogP contribution in [-0.2, 0) is 0 Å². The summed E-state index contributed by atoms with van der Waals surface area (Å²) in [6, 6.07) is 1.87. The predicted octanol–water partition coefficient (Wildman–Crippen LogP) is 3.53. The molecule has 110 valence electrons. The van der Waals surface area contributed by atoms with Gasteiger partial charge in [0.25, 0.3) is 5.91 Å². The fraction of sp³-hybridized carbons (Fsp3) is 0.0769. The van der Waals surface area contributed by atoms with Gasteiger partial charge in [0.2, 0.25) is 5.82 Å². The van der Waals surface area contributed by atoms with Crippen LogP contribution >= 0.6 is 15.9 Å². The maximum absolute atomic E-state index is 13.6. The first-order valence-electron chi connectivity index (χ1n) is 5.61. The second-order valence-electron chi connectivity index (χ2n) is 4.16. The number of carbonyl (C=O) groups is 1. The Labute approximate surface area is 125 Å². The molecule has 0 radical (unpaired) electrons. The van der Waals surface area contributed by atoms with E-state index in [1.54, 1.807) is 6.92 Å². The lowest BCUT2D eigenvalue weighted by atomic mass is 10.1. The average Bonchev–Trinajstić information content (AvgIpc) is 2.44. The van der Waals surface area contributed by atoms with Gasteiger partial charge in [0.05, 0.1) is 5.56 Å². The van der Waals surface area contributed by atoms with Gasteiger partial charge in [0, 0.05) is 10.7 Å². The molecule has 0 aliphatic rings. The molecule has 0 fully saturated rings. The molecule has 8 heteroatoms. The number of pyridine rings is 1. The monoisotopic (exact) mass is 360 g/mol. The van der Waals surface area contributed by atoms with Crippen LogP contribution in [0.4, 0.5) is 19.0 Å². The number of halogens is 4. The Bertz CT molecular complexity index is 738. The van der Waals surface area contributed by atoms with E-state index in [0.717, 1.165) is 5.56 Å². The summed E-state index contributed by atoms with van der Waals surface area (Å²) in [6.45, 7) is 1.74. The molecule has 1 aromatic carbocycles. The Balaban J connectivity index is 2.35. The molecule has 2 rings (SSSR count). The third-order valence-corrected chi connectivity index (χ3v) is 3.50. The molecular formula is C13H8BrF3N2O2. The Hall–Kier alpha value is -2.09. The summed E-state index contributed by atoms with van der Waals surface area (Å²) < 4.78 is 40.4. The summed E-state index contributed by atoms with van der Waals surface area (Å²) in [5.41, 5.74) is -0.0670. The highest BCUT2D eigenvalue weighted by atomic mass is 79.9. The van der Waals surface area contributed by atoms with Gasteiger partial charge in [-0.1, -0.05) is 0 Å². The molecule has 21 heavy (non-hydrogen) atoms. The van der Waals surface area contributed by atoms with E-state index in [1.165, 1.54) is 12.3 Å². The van der Waals surface area contributed by atoms with Gasteiger partial charge in [-0.3, -0.25) is 4.79 Å². The Kier molecular flexibility index (Phi) is 4.17. The number of hydrogen-bond acceptors (Lipinski definition) is 3. The summed E-state index contributed by atoms with van der Waals surface area (Å²) in [5, 5.41) is 11.3. The lowest BCUT2D eigenvalue weighted by molar-refractivity contribution is 0.102. The molecule has 0 aliphatic heterocycles. The molecule has 0 atom stereocenters. The first kappa shape index (κ1) is 15.3. The van der Waals surface area contributed by atoms with Gasteiger partial charge in [-0.05, 0) is 40.5 Å². The van der Waals surface area contributed by atoms with E-state index < -0.39 is 34.7 Å². The number of nitrogens with zero attached hydrogens (tertiary/aromatic N) is 1. The first-order chi connectivity index (χ1) is 9.81. The van der Waals surface area contributed by atoms with Crippen molar-refractivity contribution >= 4 is 27.7 Å². The third kappa shape index (κ3) is 2.99. The molecule has 0 bridgehead atoms. The van der Waals surface area contributed by atoms with Gasteiger partial charge in [-0.25, -0.2) is 13.8 Å². The van der Waals surface area contributed by atoms with Crippen LogP contribution in [0.15, 0.2) is 22.8 Å². The van der Waals surface area contributed by atoms with E-state index in [1.807, 2.05) is 0 Å². The molecule has 0 aliphatic carbocycles. The molecule has 0 saturated carbocycles. The molecule has 0 saturated heterocycles. The fourth-order valence-corrected chi connectivity index (χ4v) is 1.76. The summed E-state index contributed by atoms with van der Waals surface area (Å²) in [5.74, 6) is -7.32. The molecule has 1 aromatic heterocycles. The quantitative estimate of drug-likeness (QED) is 0.805. The lowest BCUT2D eigenvalue weighted by Gasteiger charge is -2.08. The Morgan fingerprint density at radius 2 is 1.95 bits per heavy atom. The zero-order valence-corrected chi connectivity index (χ0v) is 12.1. The average molecular weight is 361 g/mol. The minimum absolute atomic E-state index is 0.101. The highest BCUT2D eigenvalue weighted by Crippen LogP contribution is 2.26. The van der Waals surface area contributed by atoms with Crippen LogP contribution in [0.25, 0.3) is 0 Å². The maximum atomic E-state index is 13.6. The van der Waals surface area contributed by atoms with Crippen LogP contribution in [-0.4, -0.2) is 16.0 Å². The molecule has 0 spiro atoms. The third-order valence-electron chi connectivity index (χ3n) is 2.67. The number of rotatable bonds is 2. The van der Waals surface area contributed by atoms with Crippen molar-refractivity contribution in [2.45, 2.75) is 6.92 Å². The van der Waals surface area contributed by atoms with E-state index >= 15 is 0 Å². The number of aryl methyl sites for hydroxylation is 1. The number of phenolic OH excluding ortho intramolecular Hbond substituents is 1. The second kappa shape index (κ2) is 5.72. The fourth-order valence-electron chi connectivity index (χ4n) is 1.55. The lowest BCUT2D eigenvalue weighted by Crippen LogP contribution is -2.16. The van der Waals surface area contributed by atoms with Crippen LogP contribution in [0, 0.1) is 24.4 Å². The molecule has 1 amide bonds. The van der Waals surface area contributed by atoms with E-state index in [4.69, 9.17) is 5.11 Å². The van der Waals surface area contributed by atoms with E-state index in [0.29, 0.717) is 10.5 Å². The van der Waals surface area contributed by atoms with Crippen molar-refractivity contribution in [3.8, 4) is 5.75 Å². The predicted molar refractivity (Wildman–Crippen MR) is 72.6 cm³/mol. The molecular weight excluding hydrogens is 353 g/mol. The van der Waals surface area contributed by atoms with Gasteiger partial charge in [-0.2, -0.15) is 4.39 Å². The number of benzene rings is 1. The minimum atomic E-state index is -1.75. The summed E-state index contributed by atoms with van der Waals surface area (Å²) >= 11 is 3.22. The first-order valence-corrected chi connectivity index (χ1v) is 6.40. The van der Waals surface area contributed by atoms with Crippen LogP contribution in [0.3, 0.4) is 0 Å². The van der Waals surface area contributed by atoms with Crippen molar-refractivity contribution in [2.24, 2.45) is 0 Å². The summed E-state index contributed by atoms with van der Waals surface area (Å²) in [4.78, 5) is 15.7. The van der Waals surface area contributed by atoms with E-state index in [9.17, 15) is 18.0 Å². The van der Waals surface area contributed by atoms with Crippen molar-refractivity contribution in [1.82, 2.24) is 4.98 Å². The second-order valence-corrected chi connectivity index (χ2v) is 5.01. The van der Waals surface area contributed by atoms with Crippen molar-refractivity contribution in [1.29, 1.82) is 0 Å². The van der Waals surface area contributed by atoms with Crippen LogP contribution < -0.4 is 5.32 Å². The van der Waals surface area contributed by atoms with Gasteiger partial charge in [0.15, 0.2) is 17.4 Å². The highest BCUT2D eigenvalue weighted by Gasteiger charge is 2.22. The van der Waals surface area contributed by atoms with Crippen LogP contribution in [0.1, 0.15) is 15.9 Å². The smallest absolute Gasteiger partial charge is 0.260 e. The number of anilines is 1. The van der Waals surface area contributed by atoms with Crippen molar-refractivity contribution in [3.05, 3.63) is 51.4 Å². The SMILES string of the molecule is Cc1cc(NC(=O)c2cc(F)c(F)c(O)c2F)ncc1Br. The number of aromatic nitrogens is 1. The number of aromatic hydroxyl groups is 1. The zero-order chi connectivity index (χ0) is 15.7. The summed E-state index contributed by atoms with van der Waals surface area (Å²) in [7, 11) is 0. The van der Waals surface area contributed by atoms with Gasteiger partial charge >= 0.3 is 0 Å². The molecule has 2 N–H and O–H groups in total. The van der Waals surface area contributed by atoms with Crippen LogP contribution in [0.2, 0.25) is 0 Å². The van der Waals surface area contributed by atoms with Crippen molar-refractivity contribution in [2.75, 3.05) is 5.32 Å². The minimum Gasteiger partial charge on any atom is -0.503 e. The standard InChI is InChI=1S/C13H8BrF3N2O2/c1-5-2-9(18-4-7(5)14)19-13(21)6-3-8(15)11(17)12(20)10(6)16/h2-4,20H,1H3,(H,18,19,21). The van der Waals surface area contributed by atoms with E-state index in [2.05, 4.69) is 26.2 Å². The molecule has 2 aromatic rings. The van der Waals surface area contributed by atoms with Gasteiger partial charge < -0.3 is 10.4 Å². The molecule has 4 nitrogen and oxygen atoms in total. The zero-order valence-electron chi connectivity index (χ0n) is 10.5.